The molecule has 0 fully saturated rings. The van der Waals surface area contributed by atoms with Crippen LogP contribution in [0.1, 0.15) is 58.3 Å². The normalized spacial score (nSPS) is 10.6. The molecule has 0 radical (unpaired) electrons. The molecule has 0 spiro atoms. The van der Waals surface area contributed by atoms with Crippen LogP contribution in [-0.2, 0) is 9.53 Å². The minimum atomic E-state index is -0.0743. The van der Waals surface area contributed by atoms with Gasteiger partial charge in [-0.2, -0.15) is 0 Å². The standard InChI is InChI=1S/C15H26O2/c1-3-5-7-8-9-10-11-12-13-15(16)17-14-6-4-2/h3-4,6H,1,5,7-14H2,2H3. The molecule has 0 N–H and O–H groups in total. The van der Waals surface area contributed by atoms with E-state index in [0.717, 1.165) is 19.3 Å². The molecule has 0 aliphatic heterocycles. The molecule has 0 saturated heterocycles. The van der Waals surface area contributed by atoms with E-state index in [1.807, 2.05) is 25.2 Å². The van der Waals surface area contributed by atoms with Crippen molar-refractivity contribution in [2.24, 2.45) is 0 Å². The molecule has 2 heteroatoms. The average molecular weight is 238 g/mol. The summed E-state index contributed by atoms with van der Waals surface area (Å²) < 4.78 is 5.01. The van der Waals surface area contributed by atoms with E-state index in [0.29, 0.717) is 13.0 Å². The van der Waals surface area contributed by atoms with Gasteiger partial charge in [0.05, 0.1) is 0 Å². The Bertz CT molecular complexity index is 219. The van der Waals surface area contributed by atoms with E-state index in [4.69, 9.17) is 4.74 Å². The summed E-state index contributed by atoms with van der Waals surface area (Å²) in [5.74, 6) is -0.0743. The third-order valence-electron chi connectivity index (χ3n) is 2.62. The Hall–Kier alpha value is -1.05. The van der Waals surface area contributed by atoms with E-state index in [9.17, 15) is 4.79 Å². The largest absolute Gasteiger partial charge is 0.461 e. The molecule has 0 rings (SSSR count). The van der Waals surface area contributed by atoms with Crippen molar-refractivity contribution in [1.82, 2.24) is 0 Å². The molecule has 0 heterocycles. The van der Waals surface area contributed by atoms with Gasteiger partial charge in [-0.15, -0.1) is 6.58 Å². The zero-order chi connectivity index (χ0) is 12.8. The van der Waals surface area contributed by atoms with Gasteiger partial charge in [-0.05, 0) is 26.2 Å². The van der Waals surface area contributed by atoms with Gasteiger partial charge in [-0.25, -0.2) is 0 Å². The second kappa shape index (κ2) is 13.0. The van der Waals surface area contributed by atoms with Crippen LogP contribution in [-0.4, -0.2) is 12.6 Å². The fourth-order valence-electron chi connectivity index (χ4n) is 1.57. The molecule has 0 aromatic rings. The van der Waals surface area contributed by atoms with Gasteiger partial charge in [0.1, 0.15) is 6.61 Å². The smallest absolute Gasteiger partial charge is 0.306 e. The molecular weight excluding hydrogens is 212 g/mol. The summed E-state index contributed by atoms with van der Waals surface area (Å²) in [6.07, 6.45) is 14.5. The molecule has 98 valence electrons. The minimum absolute atomic E-state index is 0.0743. The van der Waals surface area contributed by atoms with Crippen LogP contribution in [0.25, 0.3) is 0 Å². The summed E-state index contributed by atoms with van der Waals surface area (Å²) in [7, 11) is 0. The zero-order valence-corrected chi connectivity index (χ0v) is 11.1. The molecule has 2 nitrogen and oxygen atoms in total. The SMILES string of the molecule is C=CCCCCCCCCC(=O)OCC=CC. The maximum absolute atomic E-state index is 11.2. The highest BCUT2D eigenvalue weighted by Crippen LogP contribution is 2.09. The van der Waals surface area contributed by atoms with Gasteiger partial charge in [-0.1, -0.05) is 43.9 Å². The molecule has 0 aromatic heterocycles. The zero-order valence-electron chi connectivity index (χ0n) is 11.1. The van der Waals surface area contributed by atoms with E-state index in [1.54, 1.807) is 0 Å². The summed E-state index contributed by atoms with van der Waals surface area (Å²) in [5, 5.41) is 0. The second-order valence-corrected chi connectivity index (χ2v) is 4.20. The number of ether oxygens (including phenoxy) is 1. The average Bonchev–Trinajstić information content (AvgIpc) is 2.33. The van der Waals surface area contributed by atoms with Crippen LogP contribution in [0.2, 0.25) is 0 Å². The van der Waals surface area contributed by atoms with Crippen molar-refractivity contribution in [2.75, 3.05) is 6.61 Å². The first-order valence-electron chi connectivity index (χ1n) is 6.69. The Kier molecular flexibility index (Phi) is 12.2. The van der Waals surface area contributed by atoms with Crippen LogP contribution < -0.4 is 0 Å². The number of rotatable bonds is 11. The lowest BCUT2D eigenvalue weighted by molar-refractivity contribution is -0.142. The first-order chi connectivity index (χ1) is 8.31. The summed E-state index contributed by atoms with van der Waals surface area (Å²) in [6.45, 7) is 6.03. The molecule has 0 aromatic carbocycles. The van der Waals surface area contributed by atoms with E-state index < -0.39 is 0 Å². The molecule has 0 aliphatic carbocycles. The summed E-state index contributed by atoms with van der Waals surface area (Å²) in [6, 6.07) is 0. The predicted octanol–water partition coefficient (Wildman–Crippen LogP) is 4.41. The number of carbonyl (C=O) groups excluding carboxylic acids is 1. The van der Waals surface area contributed by atoms with Crippen molar-refractivity contribution in [1.29, 1.82) is 0 Å². The number of esters is 1. The number of hydrogen-bond donors (Lipinski definition) is 0. The van der Waals surface area contributed by atoms with Crippen molar-refractivity contribution in [3.8, 4) is 0 Å². The first kappa shape index (κ1) is 16.0. The van der Waals surface area contributed by atoms with Crippen LogP contribution in [0.15, 0.2) is 24.8 Å². The number of carbonyl (C=O) groups is 1. The Balaban J connectivity index is 3.16. The minimum Gasteiger partial charge on any atom is -0.461 e. The fraction of sp³-hybridized carbons (Fsp3) is 0.667. The molecule has 0 bridgehead atoms. The third kappa shape index (κ3) is 12.9. The van der Waals surface area contributed by atoms with Gasteiger partial charge in [0.25, 0.3) is 0 Å². The van der Waals surface area contributed by atoms with Crippen molar-refractivity contribution in [3.05, 3.63) is 24.8 Å². The first-order valence-corrected chi connectivity index (χ1v) is 6.69. The van der Waals surface area contributed by atoms with Gasteiger partial charge in [0.2, 0.25) is 0 Å². The summed E-state index contributed by atoms with van der Waals surface area (Å²) >= 11 is 0. The van der Waals surface area contributed by atoms with Crippen molar-refractivity contribution >= 4 is 5.97 Å². The Morgan fingerprint density at radius 3 is 2.41 bits per heavy atom. The topological polar surface area (TPSA) is 26.3 Å². The van der Waals surface area contributed by atoms with Gasteiger partial charge in [0.15, 0.2) is 0 Å². The maximum Gasteiger partial charge on any atom is 0.306 e. The molecule has 0 unspecified atom stereocenters. The summed E-state index contributed by atoms with van der Waals surface area (Å²) in [5.41, 5.74) is 0. The van der Waals surface area contributed by atoms with Crippen molar-refractivity contribution < 1.29 is 9.53 Å². The van der Waals surface area contributed by atoms with Crippen LogP contribution in [0, 0.1) is 0 Å². The highest BCUT2D eigenvalue weighted by Gasteiger charge is 2.00. The Morgan fingerprint density at radius 2 is 1.76 bits per heavy atom. The van der Waals surface area contributed by atoms with E-state index >= 15 is 0 Å². The predicted molar refractivity (Wildman–Crippen MR) is 72.9 cm³/mol. The lowest BCUT2D eigenvalue weighted by atomic mass is 10.1. The molecule has 0 atom stereocenters. The quantitative estimate of drug-likeness (QED) is 0.303. The third-order valence-corrected chi connectivity index (χ3v) is 2.62. The van der Waals surface area contributed by atoms with Crippen LogP contribution in [0.4, 0.5) is 0 Å². The maximum atomic E-state index is 11.2. The van der Waals surface area contributed by atoms with Crippen molar-refractivity contribution in [2.45, 2.75) is 58.3 Å². The summed E-state index contributed by atoms with van der Waals surface area (Å²) in [4.78, 5) is 11.2. The van der Waals surface area contributed by atoms with E-state index in [2.05, 4.69) is 6.58 Å². The number of unbranched alkanes of at least 4 members (excludes halogenated alkanes) is 6. The molecule has 0 amide bonds. The highest BCUT2D eigenvalue weighted by molar-refractivity contribution is 5.69. The van der Waals surface area contributed by atoms with E-state index in [-0.39, 0.29) is 5.97 Å². The Labute approximate surface area is 106 Å². The second-order valence-electron chi connectivity index (χ2n) is 4.20. The van der Waals surface area contributed by atoms with Gasteiger partial charge in [0, 0.05) is 6.42 Å². The molecule has 0 aliphatic rings. The highest BCUT2D eigenvalue weighted by atomic mass is 16.5. The van der Waals surface area contributed by atoms with Crippen LogP contribution in [0.5, 0.6) is 0 Å². The lowest BCUT2D eigenvalue weighted by Crippen LogP contribution is -2.03. The number of allylic oxidation sites excluding steroid dienone is 2. The fourth-order valence-corrected chi connectivity index (χ4v) is 1.57. The van der Waals surface area contributed by atoms with E-state index in [1.165, 1.54) is 25.7 Å². The Morgan fingerprint density at radius 1 is 1.12 bits per heavy atom. The van der Waals surface area contributed by atoms with Gasteiger partial charge < -0.3 is 4.74 Å². The molecule has 0 saturated carbocycles. The van der Waals surface area contributed by atoms with Gasteiger partial charge in [-0.3, -0.25) is 4.79 Å². The molecular formula is C15H26O2. The monoisotopic (exact) mass is 238 g/mol. The lowest BCUT2D eigenvalue weighted by Gasteiger charge is -2.02. The van der Waals surface area contributed by atoms with Gasteiger partial charge >= 0.3 is 5.97 Å². The number of hydrogen-bond acceptors (Lipinski definition) is 2. The van der Waals surface area contributed by atoms with Crippen LogP contribution in [0.3, 0.4) is 0 Å². The van der Waals surface area contributed by atoms with Crippen LogP contribution >= 0.6 is 0 Å². The molecule has 17 heavy (non-hydrogen) atoms. The van der Waals surface area contributed by atoms with Crippen molar-refractivity contribution in [3.63, 3.8) is 0 Å².